The van der Waals surface area contributed by atoms with E-state index in [1.54, 1.807) is 7.11 Å². The van der Waals surface area contributed by atoms with Crippen LogP contribution in [0.3, 0.4) is 0 Å². The van der Waals surface area contributed by atoms with E-state index in [1.807, 2.05) is 0 Å². The van der Waals surface area contributed by atoms with Crippen molar-refractivity contribution < 1.29 is 19.0 Å². The highest BCUT2D eigenvalue weighted by atomic mass is 16.5. The highest BCUT2D eigenvalue weighted by Gasteiger charge is 2.38. The van der Waals surface area contributed by atoms with E-state index < -0.39 is 11.4 Å². The van der Waals surface area contributed by atoms with Crippen molar-refractivity contribution in [2.24, 2.45) is 11.5 Å². The second-order valence-electron chi connectivity index (χ2n) is 4.71. The van der Waals surface area contributed by atoms with E-state index >= 15 is 0 Å². The van der Waals surface area contributed by atoms with Gasteiger partial charge in [-0.15, -0.1) is 0 Å². The minimum absolute atomic E-state index is 0.00211. The van der Waals surface area contributed by atoms with Crippen LogP contribution in [0.25, 0.3) is 0 Å². The Morgan fingerprint density at radius 1 is 1.33 bits per heavy atom. The number of methoxy groups -OCH3 is 1. The molecule has 0 bridgehead atoms. The van der Waals surface area contributed by atoms with Crippen molar-refractivity contribution in [2.45, 2.75) is 37.3 Å². The number of nitrogens with two attached hydrogens (primary N) is 2. The van der Waals surface area contributed by atoms with E-state index in [2.05, 4.69) is 0 Å². The van der Waals surface area contributed by atoms with E-state index in [0.29, 0.717) is 39.3 Å². The van der Waals surface area contributed by atoms with Gasteiger partial charge < -0.3 is 25.7 Å². The fourth-order valence-corrected chi connectivity index (χ4v) is 2.14. The molecule has 2 atom stereocenters. The maximum absolute atomic E-state index is 11.3. The first-order chi connectivity index (χ1) is 8.58. The molecule has 1 fully saturated rings. The molecule has 4 N–H and O–H groups in total. The summed E-state index contributed by atoms with van der Waals surface area (Å²) in [5, 5.41) is 0. The molecular weight excluding hydrogens is 236 g/mol. The molecule has 0 heterocycles. The largest absolute Gasteiger partial charge is 0.382 e. The van der Waals surface area contributed by atoms with E-state index in [-0.39, 0.29) is 6.10 Å². The van der Waals surface area contributed by atoms with Crippen molar-refractivity contribution in [3.63, 3.8) is 0 Å². The van der Waals surface area contributed by atoms with Crippen LogP contribution in [0.5, 0.6) is 0 Å². The van der Waals surface area contributed by atoms with E-state index in [9.17, 15) is 4.79 Å². The summed E-state index contributed by atoms with van der Waals surface area (Å²) < 4.78 is 15.8. The van der Waals surface area contributed by atoms with Crippen molar-refractivity contribution in [3.8, 4) is 0 Å². The summed E-state index contributed by atoms with van der Waals surface area (Å²) in [6.07, 6.45) is 2.94. The number of hydrogen-bond acceptors (Lipinski definition) is 5. The Hall–Kier alpha value is -0.690. The zero-order valence-electron chi connectivity index (χ0n) is 11.0. The maximum Gasteiger partial charge on any atom is 0.237 e. The molecule has 0 aromatic rings. The van der Waals surface area contributed by atoms with Gasteiger partial charge in [-0.2, -0.15) is 0 Å². The fraction of sp³-hybridized carbons (Fsp3) is 0.917. The molecule has 106 valence electrons. The number of amides is 1. The molecule has 1 saturated carbocycles. The van der Waals surface area contributed by atoms with Gasteiger partial charge in [-0.3, -0.25) is 4.79 Å². The topological polar surface area (TPSA) is 96.8 Å². The van der Waals surface area contributed by atoms with Crippen molar-refractivity contribution in [2.75, 3.05) is 33.5 Å². The number of primary amides is 1. The monoisotopic (exact) mass is 260 g/mol. The number of rotatable bonds is 8. The van der Waals surface area contributed by atoms with Crippen LogP contribution >= 0.6 is 0 Å². The summed E-state index contributed by atoms with van der Waals surface area (Å²) in [5.74, 6) is -0.438. The van der Waals surface area contributed by atoms with Crippen molar-refractivity contribution in [1.82, 2.24) is 0 Å². The van der Waals surface area contributed by atoms with Crippen molar-refractivity contribution in [3.05, 3.63) is 0 Å². The number of carbonyl (C=O) groups is 1. The van der Waals surface area contributed by atoms with Gasteiger partial charge >= 0.3 is 0 Å². The van der Waals surface area contributed by atoms with Gasteiger partial charge in [-0.25, -0.2) is 0 Å². The summed E-state index contributed by atoms with van der Waals surface area (Å²) in [7, 11) is 1.63. The highest BCUT2D eigenvalue weighted by Crippen LogP contribution is 2.27. The van der Waals surface area contributed by atoms with Crippen LogP contribution in [0, 0.1) is 0 Å². The Morgan fingerprint density at radius 2 is 2.06 bits per heavy atom. The molecule has 2 unspecified atom stereocenters. The molecule has 0 aromatic carbocycles. The Bertz CT molecular complexity index is 262. The van der Waals surface area contributed by atoms with Gasteiger partial charge in [0.25, 0.3) is 0 Å². The number of hydrogen-bond donors (Lipinski definition) is 2. The molecule has 18 heavy (non-hydrogen) atoms. The van der Waals surface area contributed by atoms with Crippen LogP contribution in [0.15, 0.2) is 0 Å². The average molecular weight is 260 g/mol. The second kappa shape index (κ2) is 7.68. The summed E-state index contributed by atoms with van der Waals surface area (Å²) in [6, 6.07) is 0. The number of carbonyl (C=O) groups excluding carboxylic acids is 1. The molecule has 0 saturated heterocycles. The molecular formula is C12H24N2O4. The molecule has 0 spiro atoms. The maximum atomic E-state index is 11.3. The summed E-state index contributed by atoms with van der Waals surface area (Å²) in [6.45, 7) is 2.17. The third-order valence-electron chi connectivity index (χ3n) is 3.24. The highest BCUT2D eigenvalue weighted by molar-refractivity contribution is 5.84. The van der Waals surface area contributed by atoms with E-state index in [1.165, 1.54) is 0 Å². The predicted octanol–water partition coefficient (Wildman–Crippen LogP) is -0.209. The molecule has 0 radical (unpaired) electrons. The summed E-state index contributed by atoms with van der Waals surface area (Å²) in [5.41, 5.74) is 10.4. The van der Waals surface area contributed by atoms with Gasteiger partial charge in [-0.1, -0.05) is 0 Å². The molecule has 0 aromatic heterocycles. The molecule has 1 aliphatic carbocycles. The lowest BCUT2D eigenvalue weighted by molar-refractivity contribution is -0.126. The molecule has 6 nitrogen and oxygen atoms in total. The van der Waals surface area contributed by atoms with Gasteiger partial charge in [0.2, 0.25) is 5.91 Å². The minimum atomic E-state index is -0.903. The molecule has 6 heteroatoms. The quantitative estimate of drug-likeness (QED) is 0.589. The van der Waals surface area contributed by atoms with Gasteiger partial charge in [-0.05, 0) is 19.3 Å². The summed E-state index contributed by atoms with van der Waals surface area (Å²) in [4.78, 5) is 11.3. The normalized spacial score (nSPS) is 28.2. The van der Waals surface area contributed by atoms with E-state index in [4.69, 9.17) is 25.7 Å². The van der Waals surface area contributed by atoms with Crippen LogP contribution in [0.4, 0.5) is 0 Å². The van der Waals surface area contributed by atoms with Crippen molar-refractivity contribution in [1.29, 1.82) is 0 Å². The third kappa shape index (κ3) is 4.89. The Morgan fingerprint density at radius 3 is 2.72 bits per heavy atom. The van der Waals surface area contributed by atoms with Crippen LogP contribution in [0.1, 0.15) is 25.7 Å². The summed E-state index contributed by atoms with van der Waals surface area (Å²) >= 11 is 0. The Kier molecular flexibility index (Phi) is 6.56. The first kappa shape index (κ1) is 15.4. The first-order valence-electron chi connectivity index (χ1n) is 6.35. The molecule has 1 aliphatic rings. The van der Waals surface area contributed by atoms with Crippen LogP contribution < -0.4 is 11.5 Å². The minimum Gasteiger partial charge on any atom is -0.382 e. The fourth-order valence-electron chi connectivity index (χ4n) is 2.14. The third-order valence-corrected chi connectivity index (χ3v) is 3.24. The van der Waals surface area contributed by atoms with Gasteiger partial charge in [0.1, 0.15) is 0 Å². The smallest absolute Gasteiger partial charge is 0.237 e. The Labute approximate surface area is 108 Å². The molecule has 1 amide bonds. The standard InChI is InChI=1S/C12H24N2O4/c1-16-5-6-17-7-8-18-10-3-2-4-12(14,9-10)11(13)15/h10H,2-9,14H2,1H3,(H2,13,15). The lowest BCUT2D eigenvalue weighted by Gasteiger charge is -2.35. The first-order valence-corrected chi connectivity index (χ1v) is 6.35. The van der Waals surface area contributed by atoms with Crippen LogP contribution in [-0.4, -0.2) is 51.1 Å². The predicted molar refractivity (Wildman–Crippen MR) is 67.0 cm³/mol. The van der Waals surface area contributed by atoms with Crippen molar-refractivity contribution >= 4 is 5.91 Å². The van der Waals surface area contributed by atoms with Gasteiger partial charge in [0.05, 0.1) is 38.1 Å². The van der Waals surface area contributed by atoms with Gasteiger partial charge in [0.15, 0.2) is 0 Å². The second-order valence-corrected chi connectivity index (χ2v) is 4.71. The zero-order chi connectivity index (χ0) is 13.4. The lowest BCUT2D eigenvalue weighted by atomic mass is 9.80. The Balaban J connectivity index is 2.17. The lowest BCUT2D eigenvalue weighted by Crippen LogP contribution is -2.56. The zero-order valence-corrected chi connectivity index (χ0v) is 11.0. The van der Waals surface area contributed by atoms with Gasteiger partial charge in [0, 0.05) is 13.5 Å². The van der Waals surface area contributed by atoms with E-state index in [0.717, 1.165) is 12.8 Å². The molecule has 1 rings (SSSR count). The SMILES string of the molecule is COCCOCCOC1CCCC(N)(C(N)=O)C1. The average Bonchev–Trinajstić information content (AvgIpc) is 2.34. The van der Waals surface area contributed by atoms with Crippen LogP contribution in [-0.2, 0) is 19.0 Å². The number of ether oxygens (including phenoxy) is 3. The van der Waals surface area contributed by atoms with Crippen LogP contribution in [0.2, 0.25) is 0 Å². The molecule has 0 aliphatic heterocycles.